The van der Waals surface area contributed by atoms with Gasteiger partial charge in [-0.25, -0.2) is 4.39 Å². The van der Waals surface area contributed by atoms with E-state index in [9.17, 15) is 14.3 Å². The number of carbonyl (C=O) groups is 1. The number of rotatable bonds is 4. The normalized spacial score (nSPS) is 19.7. The van der Waals surface area contributed by atoms with E-state index in [4.69, 9.17) is 5.73 Å². The van der Waals surface area contributed by atoms with Gasteiger partial charge in [0.15, 0.2) is 0 Å². The molecule has 1 aliphatic carbocycles. The maximum Gasteiger partial charge on any atom is 0.310 e. The van der Waals surface area contributed by atoms with E-state index in [-0.39, 0.29) is 12.4 Å². The van der Waals surface area contributed by atoms with Crippen LogP contribution in [0, 0.1) is 11.2 Å². The van der Waals surface area contributed by atoms with E-state index >= 15 is 0 Å². The van der Waals surface area contributed by atoms with Crippen LogP contribution in [0.1, 0.15) is 37.2 Å². The van der Waals surface area contributed by atoms with Gasteiger partial charge in [0.2, 0.25) is 0 Å². The molecule has 0 bridgehead atoms. The first-order valence-corrected chi connectivity index (χ1v) is 6.30. The molecule has 0 aromatic heterocycles. The second-order valence-electron chi connectivity index (χ2n) is 4.98. The summed E-state index contributed by atoms with van der Waals surface area (Å²) in [6.07, 6.45) is 2.91. The molecule has 0 spiro atoms. The quantitative estimate of drug-likeness (QED) is 0.864. The summed E-state index contributed by atoms with van der Waals surface area (Å²) < 4.78 is 13.9. The summed E-state index contributed by atoms with van der Waals surface area (Å²) in [7, 11) is 0. The highest BCUT2D eigenvalue weighted by molar-refractivity contribution is 5.76. The van der Waals surface area contributed by atoms with Crippen LogP contribution in [0.5, 0.6) is 0 Å². The van der Waals surface area contributed by atoms with Crippen molar-refractivity contribution < 1.29 is 14.3 Å². The number of benzene rings is 1. The van der Waals surface area contributed by atoms with Crippen LogP contribution in [-0.2, 0) is 4.79 Å². The average molecular weight is 251 g/mol. The zero-order valence-electron chi connectivity index (χ0n) is 10.2. The topological polar surface area (TPSA) is 63.3 Å². The lowest BCUT2D eigenvalue weighted by molar-refractivity contribution is -0.150. The molecule has 0 radical (unpaired) electrons. The molecule has 1 fully saturated rings. The predicted molar refractivity (Wildman–Crippen MR) is 66.7 cm³/mol. The number of carboxylic acids is 1. The molecule has 3 N–H and O–H groups in total. The summed E-state index contributed by atoms with van der Waals surface area (Å²) >= 11 is 0. The second-order valence-corrected chi connectivity index (χ2v) is 4.98. The monoisotopic (exact) mass is 251 g/mol. The third-order valence-corrected chi connectivity index (χ3v) is 4.11. The van der Waals surface area contributed by atoms with Crippen LogP contribution in [0.15, 0.2) is 24.3 Å². The van der Waals surface area contributed by atoms with E-state index in [0.29, 0.717) is 18.4 Å². The zero-order chi connectivity index (χ0) is 13.2. The Kier molecular flexibility index (Phi) is 3.66. The zero-order valence-corrected chi connectivity index (χ0v) is 10.2. The maximum atomic E-state index is 13.9. The number of carboxylic acid groups (broad SMARTS) is 1. The molecule has 0 unspecified atom stereocenters. The van der Waals surface area contributed by atoms with Gasteiger partial charge < -0.3 is 10.8 Å². The number of aliphatic carboxylic acids is 1. The highest BCUT2D eigenvalue weighted by atomic mass is 19.1. The fourth-order valence-electron chi connectivity index (χ4n) is 3.13. The van der Waals surface area contributed by atoms with Gasteiger partial charge in [0, 0.05) is 12.5 Å². The van der Waals surface area contributed by atoms with E-state index in [1.165, 1.54) is 6.07 Å². The standard InChI is InChI=1S/C14H18FNO2/c15-12-6-2-1-5-10(12)11(9-16)14(13(17)18)7-3-4-8-14/h1-2,5-6,11H,3-4,7-9,16H2,(H,17,18)/t11-/m1/s1. The van der Waals surface area contributed by atoms with Gasteiger partial charge in [-0.1, -0.05) is 31.0 Å². The molecule has 0 aliphatic heterocycles. The van der Waals surface area contributed by atoms with E-state index in [0.717, 1.165) is 12.8 Å². The van der Waals surface area contributed by atoms with Gasteiger partial charge in [0.05, 0.1) is 5.41 Å². The lowest BCUT2D eigenvalue weighted by Crippen LogP contribution is -2.39. The predicted octanol–water partition coefficient (Wildman–Crippen LogP) is 2.51. The van der Waals surface area contributed by atoms with Crippen molar-refractivity contribution in [2.45, 2.75) is 31.6 Å². The van der Waals surface area contributed by atoms with Crippen LogP contribution in [0.25, 0.3) is 0 Å². The molecule has 4 heteroatoms. The van der Waals surface area contributed by atoms with Crippen molar-refractivity contribution in [1.82, 2.24) is 0 Å². The van der Waals surface area contributed by atoms with Gasteiger partial charge in [-0.05, 0) is 24.5 Å². The molecule has 1 aromatic carbocycles. The van der Waals surface area contributed by atoms with Gasteiger partial charge in [0.25, 0.3) is 0 Å². The molecule has 98 valence electrons. The van der Waals surface area contributed by atoms with Crippen molar-refractivity contribution in [3.63, 3.8) is 0 Å². The first-order chi connectivity index (χ1) is 8.62. The molecule has 18 heavy (non-hydrogen) atoms. The van der Waals surface area contributed by atoms with Crippen molar-refractivity contribution in [3.8, 4) is 0 Å². The summed E-state index contributed by atoms with van der Waals surface area (Å²) in [4.78, 5) is 11.6. The average Bonchev–Trinajstić information content (AvgIpc) is 2.83. The smallest absolute Gasteiger partial charge is 0.310 e. The summed E-state index contributed by atoms with van der Waals surface area (Å²) in [6, 6.07) is 6.35. The summed E-state index contributed by atoms with van der Waals surface area (Å²) in [5.74, 6) is -1.65. The number of halogens is 1. The van der Waals surface area contributed by atoms with Gasteiger partial charge in [-0.2, -0.15) is 0 Å². The van der Waals surface area contributed by atoms with Gasteiger partial charge in [0.1, 0.15) is 5.82 Å². The van der Waals surface area contributed by atoms with Crippen LogP contribution in [0.2, 0.25) is 0 Å². The highest BCUT2D eigenvalue weighted by Gasteiger charge is 2.48. The van der Waals surface area contributed by atoms with Gasteiger partial charge in [-0.15, -0.1) is 0 Å². The Morgan fingerprint density at radius 2 is 2.00 bits per heavy atom. The van der Waals surface area contributed by atoms with E-state index in [1.54, 1.807) is 18.2 Å². The Hall–Kier alpha value is -1.42. The third-order valence-electron chi connectivity index (χ3n) is 4.11. The fourth-order valence-corrected chi connectivity index (χ4v) is 3.13. The molecule has 1 aromatic rings. The van der Waals surface area contributed by atoms with Crippen molar-refractivity contribution in [3.05, 3.63) is 35.6 Å². The Morgan fingerprint density at radius 1 is 1.39 bits per heavy atom. The number of hydrogen-bond acceptors (Lipinski definition) is 2. The lowest BCUT2D eigenvalue weighted by atomic mass is 9.70. The minimum absolute atomic E-state index is 0.160. The van der Waals surface area contributed by atoms with Crippen molar-refractivity contribution >= 4 is 5.97 Å². The van der Waals surface area contributed by atoms with Gasteiger partial charge >= 0.3 is 5.97 Å². The van der Waals surface area contributed by atoms with Crippen LogP contribution >= 0.6 is 0 Å². The lowest BCUT2D eigenvalue weighted by Gasteiger charge is -2.33. The first kappa shape index (κ1) is 13.0. The molecule has 0 amide bonds. The summed E-state index contributed by atoms with van der Waals surface area (Å²) in [5.41, 5.74) is 5.29. The minimum atomic E-state index is -0.892. The molecule has 3 nitrogen and oxygen atoms in total. The first-order valence-electron chi connectivity index (χ1n) is 6.30. The van der Waals surface area contributed by atoms with Crippen LogP contribution in [-0.4, -0.2) is 17.6 Å². The van der Waals surface area contributed by atoms with E-state index in [1.807, 2.05) is 0 Å². The van der Waals surface area contributed by atoms with Crippen LogP contribution < -0.4 is 5.73 Å². The van der Waals surface area contributed by atoms with Crippen molar-refractivity contribution in [2.75, 3.05) is 6.54 Å². The van der Waals surface area contributed by atoms with E-state index in [2.05, 4.69) is 0 Å². The largest absolute Gasteiger partial charge is 0.481 e. The number of hydrogen-bond donors (Lipinski definition) is 2. The molecule has 0 saturated heterocycles. The molecule has 2 rings (SSSR count). The molecule has 1 aliphatic rings. The van der Waals surface area contributed by atoms with Crippen molar-refractivity contribution in [2.24, 2.45) is 11.1 Å². The third kappa shape index (κ3) is 2.01. The molecule has 0 heterocycles. The molecule has 1 atom stereocenters. The Morgan fingerprint density at radius 3 is 2.50 bits per heavy atom. The Balaban J connectivity index is 2.44. The fraction of sp³-hybridized carbons (Fsp3) is 0.500. The summed E-state index contributed by atoms with van der Waals surface area (Å²) in [5, 5.41) is 9.54. The highest BCUT2D eigenvalue weighted by Crippen LogP contribution is 2.49. The van der Waals surface area contributed by atoms with Crippen molar-refractivity contribution in [1.29, 1.82) is 0 Å². The number of nitrogens with two attached hydrogens (primary N) is 1. The molecular weight excluding hydrogens is 233 g/mol. The van der Waals surface area contributed by atoms with Gasteiger partial charge in [-0.3, -0.25) is 4.79 Å². The van der Waals surface area contributed by atoms with Crippen LogP contribution in [0.3, 0.4) is 0 Å². The SMILES string of the molecule is NC[C@H](c1ccccc1F)C1(C(=O)O)CCCC1. The Bertz CT molecular complexity index is 441. The molecular formula is C14H18FNO2. The Labute approximate surface area is 106 Å². The summed E-state index contributed by atoms with van der Waals surface area (Å²) in [6.45, 7) is 0.160. The maximum absolute atomic E-state index is 13.9. The van der Waals surface area contributed by atoms with Crippen LogP contribution in [0.4, 0.5) is 4.39 Å². The van der Waals surface area contributed by atoms with E-state index < -0.39 is 17.3 Å². The second kappa shape index (κ2) is 5.06. The molecule has 1 saturated carbocycles. The minimum Gasteiger partial charge on any atom is -0.481 e.